The van der Waals surface area contributed by atoms with Crippen LogP contribution in [0, 0.1) is 12.7 Å². The molecule has 0 aromatic heterocycles. The van der Waals surface area contributed by atoms with E-state index in [0.717, 1.165) is 22.2 Å². The first-order valence-corrected chi connectivity index (χ1v) is 6.38. The monoisotopic (exact) mass is 348 g/mol. The van der Waals surface area contributed by atoms with Crippen molar-refractivity contribution in [1.29, 1.82) is 0 Å². The van der Waals surface area contributed by atoms with Crippen molar-refractivity contribution < 1.29 is 22.3 Å². The largest absolute Gasteiger partial charge is 0.454 e. The van der Waals surface area contributed by atoms with E-state index in [0.29, 0.717) is 6.07 Å². The van der Waals surface area contributed by atoms with Crippen LogP contribution in [0.2, 0.25) is 0 Å². The molecule has 0 atom stereocenters. The molecule has 20 heavy (non-hydrogen) atoms. The third kappa shape index (κ3) is 3.12. The third-order valence-corrected chi connectivity index (χ3v) is 3.49. The second-order valence-electron chi connectivity index (χ2n) is 4.13. The zero-order valence-corrected chi connectivity index (χ0v) is 11.8. The molecule has 0 aliphatic heterocycles. The summed E-state index contributed by atoms with van der Waals surface area (Å²) in [5, 5.41) is 0. The van der Waals surface area contributed by atoms with Gasteiger partial charge in [-0.15, -0.1) is 0 Å². The predicted octanol–water partition coefficient (Wildman–Crippen LogP) is 5.71. The van der Waals surface area contributed by atoms with Crippen molar-refractivity contribution in [1.82, 2.24) is 0 Å². The van der Waals surface area contributed by atoms with Crippen LogP contribution < -0.4 is 4.74 Å². The molecule has 0 amide bonds. The fraction of sp³-hybridized carbons (Fsp3) is 0.143. The lowest BCUT2D eigenvalue weighted by atomic mass is 10.2. The average Bonchev–Trinajstić information content (AvgIpc) is 2.35. The molecule has 0 aliphatic carbocycles. The topological polar surface area (TPSA) is 9.23 Å². The highest BCUT2D eigenvalue weighted by Crippen LogP contribution is 2.36. The summed E-state index contributed by atoms with van der Waals surface area (Å²) in [5.41, 5.74) is -0.414. The van der Waals surface area contributed by atoms with E-state index in [4.69, 9.17) is 4.74 Å². The van der Waals surface area contributed by atoms with Crippen LogP contribution >= 0.6 is 15.9 Å². The van der Waals surface area contributed by atoms with E-state index in [1.54, 1.807) is 18.2 Å². The standard InChI is InChI=1S/C14H9BrF4O/c1-8-5-6-9(7-11(8)15)20-12-4-2-3-10(13(12)16)14(17,18)19/h2-7H,1H3. The molecule has 1 nitrogen and oxygen atoms in total. The Bertz CT molecular complexity index is 638. The quantitative estimate of drug-likeness (QED) is 0.631. The van der Waals surface area contributed by atoms with Crippen LogP contribution in [-0.2, 0) is 6.18 Å². The number of benzene rings is 2. The summed E-state index contributed by atoms with van der Waals surface area (Å²) in [6.07, 6.45) is -4.75. The minimum Gasteiger partial charge on any atom is -0.454 e. The van der Waals surface area contributed by atoms with Gasteiger partial charge in [0.2, 0.25) is 0 Å². The van der Waals surface area contributed by atoms with Crippen LogP contribution in [0.1, 0.15) is 11.1 Å². The molecule has 0 spiro atoms. The van der Waals surface area contributed by atoms with Crippen molar-refractivity contribution in [2.24, 2.45) is 0 Å². The molecule has 2 rings (SSSR count). The van der Waals surface area contributed by atoms with E-state index in [9.17, 15) is 17.6 Å². The highest BCUT2D eigenvalue weighted by Gasteiger charge is 2.35. The first-order valence-electron chi connectivity index (χ1n) is 5.59. The Morgan fingerprint density at radius 2 is 1.80 bits per heavy atom. The molecule has 0 unspecified atom stereocenters. The smallest absolute Gasteiger partial charge is 0.419 e. The molecule has 0 heterocycles. The third-order valence-electron chi connectivity index (χ3n) is 2.64. The Labute approximate surface area is 121 Å². The number of halogens is 5. The maximum atomic E-state index is 13.8. The van der Waals surface area contributed by atoms with Crippen molar-refractivity contribution in [3.63, 3.8) is 0 Å². The number of hydrogen-bond donors (Lipinski definition) is 0. The van der Waals surface area contributed by atoms with Gasteiger partial charge in [-0.05, 0) is 36.8 Å². The van der Waals surface area contributed by atoms with Crippen molar-refractivity contribution in [2.75, 3.05) is 0 Å². The molecular weight excluding hydrogens is 340 g/mol. The van der Waals surface area contributed by atoms with Crippen molar-refractivity contribution in [3.8, 4) is 11.5 Å². The molecule has 106 valence electrons. The summed E-state index contributed by atoms with van der Waals surface area (Å²) in [6, 6.07) is 7.76. The molecule has 2 aromatic rings. The highest BCUT2D eigenvalue weighted by atomic mass is 79.9. The van der Waals surface area contributed by atoms with Crippen LogP contribution in [-0.4, -0.2) is 0 Å². The van der Waals surface area contributed by atoms with E-state index < -0.39 is 23.3 Å². The number of aryl methyl sites for hydroxylation is 1. The molecule has 0 fully saturated rings. The van der Waals surface area contributed by atoms with E-state index in [2.05, 4.69) is 15.9 Å². The maximum Gasteiger partial charge on any atom is 0.419 e. The van der Waals surface area contributed by atoms with Gasteiger partial charge < -0.3 is 4.74 Å². The second kappa shape index (κ2) is 5.44. The number of alkyl halides is 3. The lowest BCUT2D eigenvalue weighted by molar-refractivity contribution is -0.140. The van der Waals surface area contributed by atoms with Crippen molar-refractivity contribution in [3.05, 3.63) is 57.8 Å². The number of rotatable bonds is 2. The zero-order valence-electron chi connectivity index (χ0n) is 10.3. The van der Waals surface area contributed by atoms with E-state index in [-0.39, 0.29) is 5.75 Å². The number of ether oxygens (including phenoxy) is 1. The van der Waals surface area contributed by atoms with Gasteiger partial charge in [-0.3, -0.25) is 0 Å². The van der Waals surface area contributed by atoms with Crippen LogP contribution in [0.15, 0.2) is 40.9 Å². The van der Waals surface area contributed by atoms with E-state index in [1.165, 1.54) is 0 Å². The molecule has 0 bridgehead atoms. The Morgan fingerprint density at radius 1 is 1.10 bits per heavy atom. The highest BCUT2D eigenvalue weighted by molar-refractivity contribution is 9.10. The van der Waals surface area contributed by atoms with Gasteiger partial charge in [0.15, 0.2) is 11.6 Å². The van der Waals surface area contributed by atoms with Crippen LogP contribution in [0.4, 0.5) is 17.6 Å². The second-order valence-corrected chi connectivity index (χ2v) is 4.98. The lowest BCUT2D eigenvalue weighted by Gasteiger charge is -2.12. The summed E-state index contributed by atoms with van der Waals surface area (Å²) in [6.45, 7) is 1.85. The molecule has 0 radical (unpaired) electrons. The van der Waals surface area contributed by atoms with Gasteiger partial charge >= 0.3 is 6.18 Å². The molecule has 6 heteroatoms. The fourth-order valence-electron chi connectivity index (χ4n) is 1.57. The van der Waals surface area contributed by atoms with Crippen molar-refractivity contribution in [2.45, 2.75) is 13.1 Å². The predicted molar refractivity (Wildman–Crippen MR) is 70.4 cm³/mol. The Morgan fingerprint density at radius 3 is 2.40 bits per heavy atom. The summed E-state index contributed by atoms with van der Waals surface area (Å²) < 4.78 is 57.4. The molecular formula is C14H9BrF4O. The number of hydrogen-bond acceptors (Lipinski definition) is 1. The molecule has 0 saturated heterocycles. The van der Waals surface area contributed by atoms with E-state index >= 15 is 0 Å². The zero-order chi connectivity index (χ0) is 14.9. The van der Waals surface area contributed by atoms with Crippen LogP contribution in [0.25, 0.3) is 0 Å². The minimum absolute atomic E-state index is 0.251. The summed E-state index contributed by atoms with van der Waals surface area (Å²) in [5.74, 6) is -1.63. The first kappa shape index (κ1) is 14.8. The molecule has 0 N–H and O–H groups in total. The Kier molecular flexibility index (Phi) is 4.04. The first-order chi connectivity index (χ1) is 9.29. The molecule has 2 aromatic carbocycles. The average molecular weight is 349 g/mol. The normalized spacial score (nSPS) is 11.5. The van der Waals surface area contributed by atoms with Crippen LogP contribution in [0.5, 0.6) is 11.5 Å². The Hall–Kier alpha value is -1.56. The molecule has 0 saturated carbocycles. The summed E-state index contributed by atoms with van der Waals surface area (Å²) in [7, 11) is 0. The summed E-state index contributed by atoms with van der Waals surface area (Å²) in [4.78, 5) is 0. The van der Waals surface area contributed by atoms with Crippen LogP contribution in [0.3, 0.4) is 0 Å². The van der Waals surface area contributed by atoms with Gasteiger partial charge in [0, 0.05) is 4.47 Å². The lowest BCUT2D eigenvalue weighted by Crippen LogP contribution is -2.08. The van der Waals surface area contributed by atoms with Gasteiger partial charge in [0.25, 0.3) is 0 Å². The van der Waals surface area contributed by atoms with Gasteiger partial charge in [-0.25, -0.2) is 4.39 Å². The van der Waals surface area contributed by atoms with E-state index in [1.807, 2.05) is 6.92 Å². The van der Waals surface area contributed by atoms with Gasteiger partial charge in [-0.2, -0.15) is 13.2 Å². The Balaban J connectivity index is 2.37. The van der Waals surface area contributed by atoms with Crippen molar-refractivity contribution >= 4 is 15.9 Å². The van der Waals surface area contributed by atoms with Gasteiger partial charge in [0.05, 0.1) is 5.56 Å². The SMILES string of the molecule is Cc1ccc(Oc2cccc(C(F)(F)F)c2F)cc1Br. The summed E-state index contributed by atoms with van der Waals surface area (Å²) >= 11 is 3.27. The minimum atomic E-state index is -4.75. The van der Waals surface area contributed by atoms with Gasteiger partial charge in [0.1, 0.15) is 5.75 Å². The molecule has 0 aliphatic rings. The van der Waals surface area contributed by atoms with Gasteiger partial charge in [-0.1, -0.05) is 28.1 Å². The fourth-order valence-corrected chi connectivity index (χ4v) is 1.93. The maximum absolute atomic E-state index is 13.8.